The Morgan fingerprint density at radius 3 is 1.83 bits per heavy atom. The molecule has 0 aliphatic heterocycles. The Morgan fingerprint density at radius 1 is 0.828 bits per heavy atom. The number of alkyl halides is 3. The number of benzene rings is 1. The van der Waals surface area contributed by atoms with Crippen molar-refractivity contribution >= 4 is 0 Å². The first-order valence-electron chi connectivity index (χ1n) is 11.6. The van der Waals surface area contributed by atoms with Crippen molar-refractivity contribution in [3.8, 4) is 0 Å². The molecule has 29 heavy (non-hydrogen) atoms. The molecule has 2 aliphatic carbocycles. The number of hydrogen-bond acceptors (Lipinski definition) is 0. The predicted molar refractivity (Wildman–Crippen MR) is 110 cm³/mol. The average Bonchev–Trinajstić information content (AvgIpc) is 2.69. The maximum Gasteiger partial charge on any atom is 0.419 e. The lowest BCUT2D eigenvalue weighted by Crippen LogP contribution is -2.26. The summed E-state index contributed by atoms with van der Waals surface area (Å²) in [6.07, 6.45) is 9.31. The Labute approximate surface area is 173 Å². The molecule has 0 amide bonds. The molecule has 0 nitrogen and oxygen atoms in total. The van der Waals surface area contributed by atoms with Crippen molar-refractivity contribution in [2.45, 2.75) is 97.1 Å². The first-order valence-corrected chi connectivity index (χ1v) is 11.6. The van der Waals surface area contributed by atoms with Crippen LogP contribution >= 0.6 is 0 Å². The normalized spacial score (nSPS) is 28.5. The summed E-state index contributed by atoms with van der Waals surface area (Å²) in [5, 5.41) is 0. The van der Waals surface area contributed by atoms with Crippen LogP contribution in [0.5, 0.6) is 0 Å². The molecule has 0 saturated heterocycles. The van der Waals surface area contributed by atoms with E-state index in [1.807, 2.05) is 0 Å². The van der Waals surface area contributed by atoms with E-state index < -0.39 is 17.6 Å². The van der Waals surface area contributed by atoms with E-state index in [1.54, 1.807) is 0 Å². The van der Waals surface area contributed by atoms with Gasteiger partial charge in [0.25, 0.3) is 0 Å². The number of hydrogen-bond donors (Lipinski definition) is 0. The molecule has 3 rings (SSSR count). The Balaban J connectivity index is 1.49. The Bertz CT molecular complexity index is 648. The fourth-order valence-electron chi connectivity index (χ4n) is 5.90. The van der Waals surface area contributed by atoms with Gasteiger partial charge in [0.05, 0.1) is 5.56 Å². The molecular formula is C25H36F4. The van der Waals surface area contributed by atoms with Crippen molar-refractivity contribution < 1.29 is 17.6 Å². The van der Waals surface area contributed by atoms with Gasteiger partial charge in [-0.1, -0.05) is 57.6 Å². The summed E-state index contributed by atoms with van der Waals surface area (Å²) in [5.41, 5.74) is -0.859. The summed E-state index contributed by atoms with van der Waals surface area (Å²) in [7, 11) is 0. The standard InChI is InChI=1S/C25H36F4/c1-3-4-18-6-12-20(13-7-18)21-14-8-19(9-15-21)10-16-22-11-5-17(2)24(26)23(22)25(27,28)29/h5,11,18-21H,3-4,6-10,12-16H2,1-2H3. The van der Waals surface area contributed by atoms with Crippen molar-refractivity contribution in [1.29, 1.82) is 0 Å². The van der Waals surface area contributed by atoms with Crippen LogP contribution in [0, 0.1) is 36.4 Å². The lowest BCUT2D eigenvalue weighted by Gasteiger charge is -2.38. The minimum atomic E-state index is -4.63. The van der Waals surface area contributed by atoms with Crippen LogP contribution in [0.25, 0.3) is 0 Å². The van der Waals surface area contributed by atoms with Crippen LogP contribution in [0.2, 0.25) is 0 Å². The van der Waals surface area contributed by atoms with E-state index in [9.17, 15) is 17.6 Å². The minimum absolute atomic E-state index is 0.0650. The molecular weight excluding hydrogens is 376 g/mol. The van der Waals surface area contributed by atoms with E-state index in [4.69, 9.17) is 0 Å². The second-order valence-corrected chi connectivity index (χ2v) is 9.62. The van der Waals surface area contributed by atoms with Gasteiger partial charge < -0.3 is 0 Å². The van der Waals surface area contributed by atoms with Gasteiger partial charge in [0.2, 0.25) is 0 Å². The number of aryl methyl sites for hydroxylation is 2. The topological polar surface area (TPSA) is 0 Å². The summed E-state index contributed by atoms with van der Waals surface area (Å²) in [4.78, 5) is 0. The number of rotatable bonds is 6. The summed E-state index contributed by atoms with van der Waals surface area (Å²) in [6.45, 7) is 3.67. The second-order valence-electron chi connectivity index (χ2n) is 9.62. The van der Waals surface area contributed by atoms with Crippen LogP contribution in [0.4, 0.5) is 17.6 Å². The van der Waals surface area contributed by atoms with Gasteiger partial charge >= 0.3 is 6.18 Å². The van der Waals surface area contributed by atoms with Crippen molar-refractivity contribution in [2.75, 3.05) is 0 Å². The molecule has 0 radical (unpaired) electrons. The van der Waals surface area contributed by atoms with Gasteiger partial charge in [-0.15, -0.1) is 0 Å². The first-order chi connectivity index (χ1) is 13.8. The highest BCUT2D eigenvalue weighted by Crippen LogP contribution is 2.43. The van der Waals surface area contributed by atoms with Gasteiger partial charge in [-0.3, -0.25) is 0 Å². The monoisotopic (exact) mass is 412 g/mol. The molecule has 0 unspecified atom stereocenters. The van der Waals surface area contributed by atoms with Crippen LogP contribution in [-0.2, 0) is 12.6 Å². The lowest BCUT2D eigenvalue weighted by atomic mass is 9.68. The quantitative estimate of drug-likeness (QED) is 0.411. The van der Waals surface area contributed by atoms with Crippen molar-refractivity contribution in [3.05, 3.63) is 34.6 Å². The third-order valence-electron chi connectivity index (χ3n) is 7.67. The van der Waals surface area contributed by atoms with E-state index in [0.717, 1.165) is 37.0 Å². The van der Waals surface area contributed by atoms with Gasteiger partial charge in [-0.2, -0.15) is 13.2 Å². The number of halogens is 4. The van der Waals surface area contributed by atoms with Gasteiger partial charge in [0, 0.05) is 0 Å². The van der Waals surface area contributed by atoms with E-state index in [1.165, 1.54) is 70.4 Å². The van der Waals surface area contributed by atoms with Crippen molar-refractivity contribution in [1.82, 2.24) is 0 Å². The predicted octanol–water partition coefficient (Wildman–Crippen LogP) is 8.50. The van der Waals surface area contributed by atoms with Crippen LogP contribution in [0.1, 0.15) is 94.2 Å². The second kappa shape index (κ2) is 9.83. The molecule has 164 valence electrons. The van der Waals surface area contributed by atoms with E-state index in [2.05, 4.69) is 6.92 Å². The summed E-state index contributed by atoms with van der Waals surface area (Å²) in [6, 6.07) is 2.95. The van der Waals surface area contributed by atoms with Crippen LogP contribution in [0.3, 0.4) is 0 Å². The highest BCUT2D eigenvalue weighted by Gasteiger charge is 2.37. The molecule has 2 aliphatic rings. The fraction of sp³-hybridized carbons (Fsp3) is 0.760. The molecule has 0 spiro atoms. The van der Waals surface area contributed by atoms with E-state index in [-0.39, 0.29) is 11.1 Å². The minimum Gasteiger partial charge on any atom is -0.206 e. The maximum atomic E-state index is 14.1. The molecule has 2 fully saturated rings. The zero-order chi connectivity index (χ0) is 21.0. The molecule has 0 aromatic heterocycles. The molecule has 0 atom stereocenters. The third-order valence-corrected chi connectivity index (χ3v) is 7.67. The van der Waals surface area contributed by atoms with Gasteiger partial charge in [0.1, 0.15) is 5.82 Å². The molecule has 4 heteroatoms. The third kappa shape index (κ3) is 5.76. The highest BCUT2D eigenvalue weighted by molar-refractivity contribution is 5.35. The Kier molecular flexibility index (Phi) is 7.67. The van der Waals surface area contributed by atoms with Gasteiger partial charge in [0.15, 0.2) is 0 Å². The smallest absolute Gasteiger partial charge is 0.206 e. The first kappa shape index (κ1) is 22.6. The molecule has 1 aromatic rings. The molecule has 1 aromatic carbocycles. The van der Waals surface area contributed by atoms with Gasteiger partial charge in [-0.05, 0) is 80.2 Å². The fourth-order valence-corrected chi connectivity index (χ4v) is 5.90. The highest BCUT2D eigenvalue weighted by atomic mass is 19.4. The molecule has 0 N–H and O–H groups in total. The Morgan fingerprint density at radius 2 is 1.34 bits per heavy atom. The Hall–Kier alpha value is -1.06. The van der Waals surface area contributed by atoms with Crippen molar-refractivity contribution in [3.63, 3.8) is 0 Å². The maximum absolute atomic E-state index is 14.1. The van der Waals surface area contributed by atoms with E-state index >= 15 is 0 Å². The van der Waals surface area contributed by atoms with E-state index in [0.29, 0.717) is 12.3 Å². The zero-order valence-corrected chi connectivity index (χ0v) is 18.0. The van der Waals surface area contributed by atoms with Crippen LogP contribution in [-0.4, -0.2) is 0 Å². The average molecular weight is 413 g/mol. The molecule has 2 saturated carbocycles. The largest absolute Gasteiger partial charge is 0.419 e. The molecule has 0 bridgehead atoms. The lowest BCUT2D eigenvalue weighted by molar-refractivity contribution is -0.140. The van der Waals surface area contributed by atoms with Crippen LogP contribution < -0.4 is 0 Å². The SMILES string of the molecule is CCCC1CCC(C2CCC(CCc3ccc(C)c(F)c3C(F)(F)F)CC2)CC1. The zero-order valence-electron chi connectivity index (χ0n) is 18.0. The van der Waals surface area contributed by atoms with Crippen LogP contribution in [0.15, 0.2) is 12.1 Å². The molecule has 0 heterocycles. The van der Waals surface area contributed by atoms with Gasteiger partial charge in [-0.25, -0.2) is 4.39 Å². The summed E-state index contributed by atoms with van der Waals surface area (Å²) >= 11 is 0. The van der Waals surface area contributed by atoms with Crippen molar-refractivity contribution in [2.24, 2.45) is 23.7 Å². The summed E-state index contributed by atoms with van der Waals surface area (Å²) < 4.78 is 54.2. The summed E-state index contributed by atoms with van der Waals surface area (Å²) in [5.74, 6) is 2.00.